The maximum Gasteiger partial charge on any atom is 0.307 e. The molecule has 0 saturated heterocycles. The Kier molecular flexibility index (Phi) is 3.78. The summed E-state index contributed by atoms with van der Waals surface area (Å²) in [6, 6.07) is 6.00. The van der Waals surface area contributed by atoms with E-state index < -0.39 is 17.8 Å². The predicted molar refractivity (Wildman–Crippen MR) is 80.1 cm³/mol. The number of allylic oxidation sites excluding steroid dienone is 2. The number of carbonyl (C=O) groups is 2. The second kappa shape index (κ2) is 5.72. The zero-order valence-electron chi connectivity index (χ0n) is 11.8. The third-order valence-electron chi connectivity index (χ3n) is 4.45. The van der Waals surface area contributed by atoms with Crippen LogP contribution < -0.4 is 5.32 Å². The monoisotopic (exact) mass is 285 g/mol. The van der Waals surface area contributed by atoms with Crippen molar-refractivity contribution < 1.29 is 14.7 Å². The highest BCUT2D eigenvalue weighted by molar-refractivity contribution is 5.95. The highest BCUT2D eigenvalue weighted by Gasteiger charge is 2.34. The molecule has 4 heteroatoms. The van der Waals surface area contributed by atoms with Crippen LogP contribution in [0.2, 0.25) is 0 Å². The number of fused-ring (bicyclic) bond motifs is 1. The van der Waals surface area contributed by atoms with Gasteiger partial charge in [0, 0.05) is 5.69 Å². The predicted octanol–water partition coefficient (Wildman–Crippen LogP) is 2.78. The van der Waals surface area contributed by atoms with Gasteiger partial charge in [-0.2, -0.15) is 0 Å². The Morgan fingerprint density at radius 1 is 1.05 bits per heavy atom. The van der Waals surface area contributed by atoms with Gasteiger partial charge in [-0.25, -0.2) is 0 Å². The number of aliphatic carboxylic acids is 1. The van der Waals surface area contributed by atoms with Gasteiger partial charge in [-0.1, -0.05) is 18.2 Å². The summed E-state index contributed by atoms with van der Waals surface area (Å²) in [6.45, 7) is 0. The highest BCUT2D eigenvalue weighted by Crippen LogP contribution is 2.29. The van der Waals surface area contributed by atoms with Gasteiger partial charge in [-0.05, 0) is 55.4 Å². The van der Waals surface area contributed by atoms with Crippen molar-refractivity contribution >= 4 is 17.6 Å². The van der Waals surface area contributed by atoms with Crippen LogP contribution in [0.1, 0.15) is 30.4 Å². The van der Waals surface area contributed by atoms with E-state index in [4.69, 9.17) is 0 Å². The summed E-state index contributed by atoms with van der Waals surface area (Å²) < 4.78 is 0. The normalized spacial score (nSPS) is 23.6. The zero-order chi connectivity index (χ0) is 14.8. The SMILES string of the molecule is O=C(O)[C@@H]1CC=CC[C@H]1C(=O)Nc1ccc2c(c1)CCC2. The molecule has 3 rings (SSSR count). The molecule has 0 aliphatic heterocycles. The first-order valence-corrected chi connectivity index (χ1v) is 7.45. The van der Waals surface area contributed by atoms with Gasteiger partial charge in [0.15, 0.2) is 0 Å². The summed E-state index contributed by atoms with van der Waals surface area (Å²) in [5.74, 6) is -2.19. The molecule has 0 radical (unpaired) electrons. The lowest BCUT2D eigenvalue weighted by atomic mass is 9.82. The van der Waals surface area contributed by atoms with Crippen LogP contribution in [0.4, 0.5) is 5.69 Å². The van der Waals surface area contributed by atoms with Crippen molar-refractivity contribution in [1.82, 2.24) is 0 Å². The number of anilines is 1. The lowest BCUT2D eigenvalue weighted by molar-refractivity contribution is -0.146. The standard InChI is InChI=1S/C17H19NO3/c19-16(14-6-1-2-7-15(14)17(20)21)18-13-9-8-11-4-3-5-12(11)10-13/h1-2,8-10,14-15H,3-7H2,(H,18,19)(H,20,21)/t14-,15-/m1/s1. The van der Waals surface area contributed by atoms with E-state index in [1.807, 2.05) is 24.3 Å². The Morgan fingerprint density at radius 3 is 2.52 bits per heavy atom. The summed E-state index contributed by atoms with van der Waals surface area (Å²) >= 11 is 0. The van der Waals surface area contributed by atoms with Crippen molar-refractivity contribution in [2.75, 3.05) is 5.32 Å². The smallest absolute Gasteiger partial charge is 0.307 e. The van der Waals surface area contributed by atoms with Crippen LogP contribution >= 0.6 is 0 Å². The van der Waals surface area contributed by atoms with Crippen molar-refractivity contribution in [3.63, 3.8) is 0 Å². The molecule has 0 saturated carbocycles. The number of carbonyl (C=O) groups excluding carboxylic acids is 1. The van der Waals surface area contributed by atoms with Gasteiger partial charge in [0.2, 0.25) is 5.91 Å². The maximum absolute atomic E-state index is 12.4. The average molecular weight is 285 g/mol. The molecule has 0 aromatic heterocycles. The van der Waals surface area contributed by atoms with Gasteiger partial charge in [-0.15, -0.1) is 0 Å². The summed E-state index contributed by atoms with van der Waals surface area (Å²) in [5.41, 5.74) is 3.43. The van der Waals surface area contributed by atoms with E-state index in [1.54, 1.807) is 0 Å². The van der Waals surface area contributed by atoms with E-state index in [2.05, 4.69) is 11.4 Å². The lowest BCUT2D eigenvalue weighted by Crippen LogP contribution is -2.34. The first kappa shape index (κ1) is 13.9. The lowest BCUT2D eigenvalue weighted by Gasteiger charge is -2.24. The van der Waals surface area contributed by atoms with Crippen LogP contribution in [-0.4, -0.2) is 17.0 Å². The fourth-order valence-electron chi connectivity index (χ4n) is 3.26. The van der Waals surface area contributed by atoms with Gasteiger partial charge >= 0.3 is 5.97 Å². The quantitative estimate of drug-likeness (QED) is 0.839. The van der Waals surface area contributed by atoms with Crippen molar-refractivity contribution in [2.24, 2.45) is 11.8 Å². The molecule has 1 aromatic carbocycles. The zero-order valence-corrected chi connectivity index (χ0v) is 11.8. The van der Waals surface area contributed by atoms with Gasteiger partial charge in [0.25, 0.3) is 0 Å². The van der Waals surface area contributed by atoms with Crippen LogP contribution in [0.15, 0.2) is 30.4 Å². The first-order chi connectivity index (χ1) is 10.1. The van der Waals surface area contributed by atoms with Gasteiger partial charge in [0.05, 0.1) is 11.8 Å². The fraction of sp³-hybridized carbons (Fsp3) is 0.412. The summed E-state index contributed by atoms with van der Waals surface area (Å²) in [5, 5.41) is 12.1. The van der Waals surface area contributed by atoms with Crippen LogP contribution in [0.25, 0.3) is 0 Å². The molecule has 2 aliphatic carbocycles. The number of nitrogens with one attached hydrogen (secondary N) is 1. The first-order valence-electron chi connectivity index (χ1n) is 7.45. The van der Waals surface area contributed by atoms with E-state index in [-0.39, 0.29) is 5.91 Å². The number of carboxylic acid groups (broad SMARTS) is 1. The number of rotatable bonds is 3. The molecule has 1 aromatic rings. The van der Waals surface area contributed by atoms with Gasteiger partial charge in [-0.3, -0.25) is 9.59 Å². The molecule has 0 unspecified atom stereocenters. The van der Waals surface area contributed by atoms with E-state index >= 15 is 0 Å². The molecule has 110 valence electrons. The van der Waals surface area contributed by atoms with Crippen molar-refractivity contribution in [2.45, 2.75) is 32.1 Å². The molecule has 0 fully saturated rings. The molecule has 0 spiro atoms. The van der Waals surface area contributed by atoms with Gasteiger partial charge < -0.3 is 10.4 Å². The summed E-state index contributed by atoms with van der Waals surface area (Å²) in [4.78, 5) is 23.6. The third-order valence-corrected chi connectivity index (χ3v) is 4.45. The average Bonchev–Trinajstić information content (AvgIpc) is 2.94. The number of aryl methyl sites for hydroxylation is 2. The molecule has 21 heavy (non-hydrogen) atoms. The third kappa shape index (κ3) is 2.84. The molecule has 0 bridgehead atoms. The second-order valence-electron chi connectivity index (χ2n) is 5.82. The van der Waals surface area contributed by atoms with Crippen LogP contribution in [0.3, 0.4) is 0 Å². The minimum Gasteiger partial charge on any atom is -0.481 e. The Labute approximate surface area is 123 Å². The van der Waals surface area contributed by atoms with Crippen LogP contribution in [0, 0.1) is 11.8 Å². The van der Waals surface area contributed by atoms with Gasteiger partial charge in [0.1, 0.15) is 0 Å². The molecule has 2 aliphatic rings. The molecule has 1 amide bonds. The molecule has 4 nitrogen and oxygen atoms in total. The Balaban J connectivity index is 1.73. The largest absolute Gasteiger partial charge is 0.481 e. The highest BCUT2D eigenvalue weighted by atomic mass is 16.4. The molecular formula is C17H19NO3. The van der Waals surface area contributed by atoms with E-state index in [0.29, 0.717) is 12.8 Å². The van der Waals surface area contributed by atoms with E-state index in [0.717, 1.165) is 18.5 Å². The topological polar surface area (TPSA) is 66.4 Å². The van der Waals surface area contributed by atoms with Crippen molar-refractivity contribution in [1.29, 1.82) is 0 Å². The van der Waals surface area contributed by atoms with E-state index in [1.165, 1.54) is 17.5 Å². The minimum absolute atomic E-state index is 0.190. The molecule has 2 N–H and O–H groups in total. The van der Waals surface area contributed by atoms with Crippen LogP contribution in [0.5, 0.6) is 0 Å². The Bertz CT molecular complexity index is 606. The number of carboxylic acids is 1. The maximum atomic E-state index is 12.4. The molecular weight excluding hydrogens is 266 g/mol. The molecule has 2 atom stereocenters. The van der Waals surface area contributed by atoms with Crippen LogP contribution in [-0.2, 0) is 22.4 Å². The van der Waals surface area contributed by atoms with Crippen molar-refractivity contribution in [3.8, 4) is 0 Å². The number of hydrogen-bond acceptors (Lipinski definition) is 2. The summed E-state index contributed by atoms with van der Waals surface area (Å²) in [7, 11) is 0. The summed E-state index contributed by atoms with van der Waals surface area (Å²) in [6.07, 6.45) is 8.00. The Morgan fingerprint density at radius 2 is 1.76 bits per heavy atom. The second-order valence-corrected chi connectivity index (χ2v) is 5.82. The number of amides is 1. The van der Waals surface area contributed by atoms with Crippen molar-refractivity contribution in [3.05, 3.63) is 41.5 Å². The fourth-order valence-corrected chi connectivity index (χ4v) is 3.26. The molecule has 0 heterocycles. The minimum atomic E-state index is -0.895. The van der Waals surface area contributed by atoms with E-state index in [9.17, 15) is 14.7 Å². The Hall–Kier alpha value is -2.10. The number of hydrogen-bond donors (Lipinski definition) is 2. The number of benzene rings is 1.